The number of nitrogens with two attached hydrogens (primary N) is 1. The first-order valence-corrected chi connectivity index (χ1v) is 5.46. The molecule has 0 fully saturated rings. The van der Waals surface area contributed by atoms with Crippen molar-refractivity contribution in [3.63, 3.8) is 0 Å². The van der Waals surface area contributed by atoms with Crippen molar-refractivity contribution in [3.8, 4) is 0 Å². The van der Waals surface area contributed by atoms with Crippen LogP contribution >= 0.6 is 11.6 Å². The zero-order chi connectivity index (χ0) is 11.5. The average molecular weight is 237 g/mol. The first-order chi connectivity index (χ1) is 7.65. The van der Waals surface area contributed by atoms with Crippen molar-refractivity contribution in [2.75, 3.05) is 0 Å². The Morgan fingerprint density at radius 2 is 2.25 bits per heavy atom. The summed E-state index contributed by atoms with van der Waals surface area (Å²) in [6.07, 6.45) is 0.626. The minimum Gasteiger partial charge on any atom is -0.361 e. The van der Waals surface area contributed by atoms with Crippen LogP contribution < -0.4 is 5.73 Å². The molecule has 0 saturated carbocycles. The summed E-state index contributed by atoms with van der Waals surface area (Å²) >= 11 is 5.90. The van der Waals surface area contributed by atoms with Gasteiger partial charge < -0.3 is 10.3 Å². The number of aromatic nitrogens is 1. The number of halogens is 1. The molecule has 1 aromatic heterocycles. The van der Waals surface area contributed by atoms with Gasteiger partial charge >= 0.3 is 0 Å². The number of hydrogen-bond donors (Lipinski definition) is 1. The lowest BCUT2D eigenvalue weighted by molar-refractivity contribution is 0.372. The zero-order valence-electron chi connectivity index (χ0n) is 8.98. The van der Waals surface area contributed by atoms with E-state index in [4.69, 9.17) is 21.9 Å². The predicted octanol–water partition coefficient (Wildman–Crippen LogP) is 2.88. The third-order valence-electron chi connectivity index (χ3n) is 2.37. The molecule has 0 amide bonds. The van der Waals surface area contributed by atoms with Crippen LogP contribution in [0.4, 0.5) is 0 Å². The second kappa shape index (κ2) is 4.68. The fourth-order valence-corrected chi connectivity index (χ4v) is 1.78. The Balaban J connectivity index is 2.11. The van der Waals surface area contributed by atoms with Crippen LogP contribution in [0.15, 0.2) is 34.9 Å². The quantitative estimate of drug-likeness (QED) is 0.892. The Morgan fingerprint density at radius 3 is 2.88 bits per heavy atom. The minimum atomic E-state index is -0.119. The van der Waals surface area contributed by atoms with Gasteiger partial charge in [-0.2, -0.15) is 0 Å². The number of aryl methyl sites for hydroxylation is 1. The molecule has 0 saturated heterocycles. The van der Waals surface area contributed by atoms with Gasteiger partial charge in [-0.05, 0) is 24.6 Å². The molecule has 0 radical (unpaired) electrons. The molecule has 3 nitrogen and oxygen atoms in total. The summed E-state index contributed by atoms with van der Waals surface area (Å²) in [7, 11) is 0. The van der Waals surface area contributed by atoms with Gasteiger partial charge in [0.1, 0.15) is 5.76 Å². The number of benzene rings is 1. The van der Waals surface area contributed by atoms with E-state index in [0.29, 0.717) is 11.4 Å². The number of nitrogens with zero attached hydrogens (tertiary/aromatic N) is 1. The summed E-state index contributed by atoms with van der Waals surface area (Å²) in [5, 5.41) is 4.52. The van der Waals surface area contributed by atoms with Crippen LogP contribution in [0.3, 0.4) is 0 Å². The largest absolute Gasteiger partial charge is 0.361 e. The molecule has 0 aliphatic carbocycles. The summed E-state index contributed by atoms with van der Waals surface area (Å²) in [5.41, 5.74) is 7.93. The van der Waals surface area contributed by atoms with Crippen LogP contribution in [0, 0.1) is 6.92 Å². The van der Waals surface area contributed by atoms with E-state index in [1.165, 1.54) is 0 Å². The molecule has 0 bridgehead atoms. The van der Waals surface area contributed by atoms with Gasteiger partial charge in [-0.25, -0.2) is 0 Å². The SMILES string of the molecule is Cc1cc(CC(N)c2cccc(Cl)c2)on1. The standard InChI is InChI=1S/C12H13ClN2O/c1-8-5-11(16-15-8)7-12(14)9-3-2-4-10(13)6-9/h2-6,12H,7,14H2,1H3. The Bertz CT molecular complexity index is 481. The van der Waals surface area contributed by atoms with Crippen molar-refractivity contribution in [1.29, 1.82) is 0 Å². The molecule has 1 heterocycles. The molecule has 1 atom stereocenters. The van der Waals surface area contributed by atoms with E-state index in [2.05, 4.69) is 5.16 Å². The van der Waals surface area contributed by atoms with Crippen molar-refractivity contribution in [2.45, 2.75) is 19.4 Å². The first kappa shape index (κ1) is 11.2. The highest BCUT2D eigenvalue weighted by Gasteiger charge is 2.10. The second-order valence-electron chi connectivity index (χ2n) is 3.80. The van der Waals surface area contributed by atoms with Gasteiger partial charge in [0.05, 0.1) is 5.69 Å². The average Bonchev–Trinajstić information content (AvgIpc) is 2.64. The van der Waals surface area contributed by atoms with Gasteiger partial charge in [-0.15, -0.1) is 0 Å². The Kier molecular flexibility index (Phi) is 3.27. The number of rotatable bonds is 3. The molecule has 2 rings (SSSR count). The molecular weight excluding hydrogens is 224 g/mol. The highest BCUT2D eigenvalue weighted by atomic mass is 35.5. The Morgan fingerprint density at radius 1 is 1.44 bits per heavy atom. The summed E-state index contributed by atoms with van der Waals surface area (Å²) in [6.45, 7) is 1.89. The molecule has 16 heavy (non-hydrogen) atoms. The fraction of sp³-hybridized carbons (Fsp3) is 0.250. The van der Waals surface area contributed by atoms with Crippen LogP contribution in [0.25, 0.3) is 0 Å². The van der Waals surface area contributed by atoms with Crippen LogP contribution in [-0.2, 0) is 6.42 Å². The van der Waals surface area contributed by atoms with E-state index in [9.17, 15) is 0 Å². The Labute approximate surface area is 99.2 Å². The third kappa shape index (κ3) is 2.62. The summed E-state index contributed by atoms with van der Waals surface area (Å²) in [5.74, 6) is 0.796. The predicted molar refractivity (Wildman–Crippen MR) is 63.3 cm³/mol. The minimum absolute atomic E-state index is 0.119. The maximum atomic E-state index is 6.06. The smallest absolute Gasteiger partial charge is 0.138 e. The maximum Gasteiger partial charge on any atom is 0.138 e. The van der Waals surface area contributed by atoms with Crippen molar-refractivity contribution in [3.05, 3.63) is 52.4 Å². The lowest BCUT2D eigenvalue weighted by Crippen LogP contribution is -2.12. The van der Waals surface area contributed by atoms with E-state index in [1.807, 2.05) is 37.3 Å². The molecule has 0 aliphatic heterocycles. The Hall–Kier alpha value is -1.32. The van der Waals surface area contributed by atoms with E-state index in [-0.39, 0.29) is 6.04 Å². The normalized spacial score (nSPS) is 12.7. The van der Waals surface area contributed by atoms with Crippen LogP contribution in [-0.4, -0.2) is 5.16 Å². The number of hydrogen-bond acceptors (Lipinski definition) is 3. The molecule has 4 heteroatoms. The van der Waals surface area contributed by atoms with Gasteiger partial charge in [-0.1, -0.05) is 28.9 Å². The first-order valence-electron chi connectivity index (χ1n) is 5.08. The van der Waals surface area contributed by atoms with Crippen molar-refractivity contribution in [2.24, 2.45) is 5.73 Å². The maximum absolute atomic E-state index is 6.06. The fourth-order valence-electron chi connectivity index (χ4n) is 1.58. The van der Waals surface area contributed by atoms with Gasteiger partial charge in [0.25, 0.3) is 0 Å². The molecule has 1 aromatic carbocycles. The van der Waals surface area contributed by atoms with Crippen LogP contribution in [0.2, 0.25) is 5.02 Å². The molecule has 84 valence electrons. The van der Waals surface area contributed by atoms with Gasteiger partial charge in [0, 0.05) is 23.6 Å². The monoisotopic (exact) mass is 236 g/mol. The van der Waals surface area contributed by atoms with Gasteiger partial charge in [0.15, 0.2) is 0 Å². The van der Waals surface area contributed by atoms with E-state index < -0.39 is 0 Å². The molecule has 0 aliphatic rings. The van der Waals surface area contributed by atoms with E-state index >= 15 is 0 Å². The zero-order valence-corrected chi connectivity index (χ0v) is 9.74. The lowest BCUT2D eigenvalue weighted by atomic mass is 10.0. The lowest BCUT2D eigenvalue weighted by Gasteiger charge is -2.09. The molecule has 2 aromatic rings. The van der Waals surface area contributed by atoms with E-state index in [0.717, 1.165) is 17.0 Å². The van der Waals surface area contributed by atoms with Crippen molar-refractivity contribution in [1.82, 2.24) is 5.16 Å². The van der Waals surface area contributed by atoms with E-state index in [1.54, 1.807) is 0 Å². The molecule has 2 N–H and O–H groups in total. The summed E-state index contributed by atoms with van der Waals surface area (Å²) in [6, 6.07) is 9.32. The summed E-state index contributed by atoms with van der Waals surface area (Å²) < 4.78 is 5.12. The highest BCUT2D eigenvalue weighted by molar-refractivity contribution is 6.30. The second-order valence-corrected chi connectivity index (χ2v) is 4.24. The summed E-state index contributed by atoms with van der Waals surface area (Å²) in [4.78, 5) is 0. The highest BCUT2D eigenvalue weighted by Crippen LogP contribution is 2.19. The molecule has 0 spiro atoms. The third-order valence-corrected chi connectivity index (χ3v) is 2.61. The van der Waals surface area contributed by atoms with Crippen LogP contribution in [0.5, 0.6) is 0 Å². The topological polar surface area (TPSA) is 52.0 Å². The van der Waals surface area contributed by atoms with Crippen molar-refractivity contribution >= 4 is 11.6 Å². The molecule has 1 unspecified atom stereocenters. The van der Waals surface area contributed by atoms with Crippen molar-refractivity contribution < 1.29 is 4.52 Å². The van der Waals surface area contributed by atoms with Gasteiger partial charge in [-0.3, -0.25) is 0 Å². The van der Waals surface area contributed by atoms with Gasteiger partial charge in [0.2, 0.25) is 0 Å². The molecular formula is C12H13ClN2O. The van der Waals surface area contributed by atoms with Crippen LogP contribution in [0.1, 0.15) is 23.1 Å².